The monoisotopic (exact) mass is 366 g/mol. The molecule has 1 heterocycles. The van der Waals surface area contributed by atoms with Crippen molar-refractivity contribution in [3.63, 3.8) is 0 Å². The number of aromatic nitrogens is 3. The summed E-state index contributed by atoms with van der Waals surface area (Å²) < 4.78 is 0. The number of likely N-dealkylation sites (N-methyl/N-ethyl adjacent to an activating group) is 1. The molecule has 0 saturated heterocycles. The summed E-state index contributed by atoms with van der Waals surface area (Å²) in [4.78, 5) is 19.4. The topological polar surface area (TPSA) is 61.9 Å². The number of aromatic amines is 1. The van der Waals surface area contributed by atoms with Gasteiger partial charge >= 0.3 is 0 Å². The highest BCUT2D eigenvalue weighted by Crippen LogP contribution is 2.35. The van der Waals surface area contributed by atoms with Gasteiger partial charge in [0.25, 0.3) is 0 Å². The number of hydrogen-bond acceptors (Lipinski definition) is 4. The van der Waals surface area contributed by atoms with Crippen molar-refractivity contribution in [3.8, 4) is 11.4 Å². The molecule has 0 fully saturated rings. The number of carbonyl (C=O) groups excluding carboxylic acids is 1. The van der Waals surface area contributed by atoms with Crippen LogP contribution >= 0.6 is 11.8 Å². The zero-order valence-electron chi connectivity index (χ0n) is 14.9. The quantitative estimate of drug-likeness (QED) is 0.638. The van der Waals surface area contributed by atoms with E-state index in [1.165, 1.54) is 11.8 Å². The first-order valence-corrected chi connectivity index (χ1v) is 9.59. The molecule has 1 aromatic heterocycles. The van der Waals surface area contributed by atoms with Crippen LogP contribution in [0, 0.1) is 0 Å². The summed E-state index contributed by atoms with van der Waals surface area (Å²) in [6.07, 6.45) is 0. The summed E-state index contributed by atoms with van der Waals surface area (Å²) >= 11 is 1.38. The van der Waals surface area contributed by atoms with E-state index >= 15 is 0 Å². The molecule has 0 aliphatic rings. The second kappa shape index (κ2) is 8.67. The minimum atomic E-state index is -0.365. The molecule has 2 aromatic carbocycles. The number of H-pyrrole nitrogens is 1. The van der Waals surface area contributed by atoms with Crippen LogP contribution in [0.3, 0.4) is 0 Å². The van der Waals surface area contributed by atoms with Crippen molar-refractivity contribution in [2.45, 2.75) is 24.3 Å². The molecule has 134 valence electrons. The zero-order valence-corrected chi connectivity index (χ0v) is 15.7. The van der Waals surface area contributed by atoms with Crippen molar-refractivity contribution >= 4 is 17.7 Å². The molecule has 3 aromatic rings. The second-order valence-electron chi connectivity index (χ2n) is 5.75. The highest BCUT2D eigenvalue weighted by Gasteiger charge is 2.27. The van der Waals surface area contributed by atoms with Gasteiger partial charge in [0.15, 0.2) is 5.82 Å². The van der Waals surface area contributed by atoms with Gasteiger partial charge in [-0.1, -0.05) is 72.4 Å². The van der Waals surface area contributed by atoms with Gasteiger partial charge in [-0.3, -0.25) is 9.89 Å². The first-order chi connectivity index (χ1) is 12.7. The molecule has 26 heavy (non-hydrogen) atoms. The molecule has 0 spiro atoms. The number of rotatable bonds is 7. The molecule has 6 heteroatoms. The lowest BCUT2D eigenvalue weighted by molar-refractivity contribution is -0.130. The molecular weight excluding hydrogens is 344 g/mol. The average Bonchev–Trinajstić information content (AvgIpc) is 3.17. The van der Waals surface area contributed by atoms with Crippen LogP contribution in [-0.2, 0) is 4.79 Å². The van der Waals surface area contributed by atoms with E-state index in [-0.39, 0.29) is 11.2 Å². The highest BCUT2D eigenvalue weighted by molar-refractivity contribution is 8.00. The van der Waals surface area contributed by atoms with Gasteiger partial charge < -0.3 is 4.90 Å². The van der Waals surface area contributed by atoms with Crippen LogP contribution in [0.4, 0.5) is 0 Å². The van der Waals surface area contributed by atoms with Crippen LogP contribution in [0.25, 0.3) is 11.4 Å². The van der Waals surface area contributed by atoms with Gasteiger partial charge in [-0.15, -0.1) is 5.10 Å². The van der Waals surface area contributed by atoms with Crippen molar-refractivity contribution < 1.29 is 4.79 Å². The number of amides is 1. The molecule has 0 saturated carbocycles. The standard InChI is InChI=1S/C20H22N4OS/c1-3-24(4-2)19(25)17(15-11-7-5-8-12-15)26-20-21-18(22-23-20)16-13-9-6-10-14-16/h5-14,17H,3-4H2,1-2H3,(H,21,22,23)/t17-/m1/s1. The van der Waals surface area contributed by atoms with Gasteiger partial charge in [-0.2, -0.15) is 0 Å². The SMILES string of the molecule is CCN(CC)C(=O)[C@H](Sc1n[nH]c(-c2ccccc2)n1)c1ccccc1. The molecule has 0 bridgehead atoms. The van der Waals surface area contributed by atoms with Crippen molar-refractivity contribution in [3.05, 3.63) is 66.2 Å². The van der Waals surface area contributed by atoms with E-state index in [0.717, 1.165) is 11.1 Å². The molecule has 0 aliphatic heterocycles. The summed E-state index contributed by atoms with van der Waals surface area (Å²) in [6, 6.07) is 19.6. The Balaban J connectivity index is 1.87. The third-order valence-corrected chi connectivity index (χ3v) is 5.24. The summed E-state index contributed by atoms with van der Waals surface area (Å²) in [7, 11) is 0. The predicted molar refractivity (Wildman–Crippen MR) is 105 cm³/mol. The molecule has 0 aliphatic carbocycles. The van der Waals surface area contributed by atoms with Gasteiger partial charge in [0.05, 0.1) is 0 Å². The minimum Gasteiger partial charge on any atom is -0.342 e. The number of carbonyl (C=O) groups is 1. The van der Waals surface area contributed by atoms with Crippen molar-refractivity contribution in [1.82, 2.24) is 20.1 Å². The van der Waals surface area contributed by atoms with E-state index in [4.69, 9.17) is 0 Å². The fourth-order valence-corrected chi connectivity index (χ4v) is 3.72. The van der Waals surface area contributed by atoms with Crippen LogP contribution in [-0.4, -0.2) is 39.1 Å². The van der Waals surface area contributed by atoms with Gasteiger partial charge in [-0.25, -0.2) is 4.98 Å². The lowest BCUT2D eigenvalue weighted by Crippen LogP contribution is -2.33. The van der Waals surface area contributed by atoms with Crippen LogP contribution in [0.15, 0.2) is 65.8 Å². The van der Waals surface area contributed by atoms with E-state index in [1.807, 2.05) is 79.4 Å². The van der Waals surface area contributed by atoms with E-state index in [1.54, 1.807) is 0 Å². The molecule has 1 atom stereocenters. The van der Waals surface area contributed by atoms with Gasteiger partial charge in [0.2, 0.25) is 11.1 Å². The normalized spacial score (nSPS) is 11.9. The Labute approximate surface area is 157 Å². The molecular formula is C20H22N4OS. The van der Waals surface area contributed by atoms with E-state index in [9.17, 15) is 4.79 Å². The number of nitrogens with zero attached hydrogens (tertiary/aromatic N) is 3. The van der Waals surface area contributed by atoms with Crippen molar-refractivity contribution in [2.24, 2.45) is 0 Å². The molecule has 5 nitrogen and oxygen atoms in total. The maximum absolute atomic E-state index is 13.0. The third-order valence-electron chi connectivity index (χ3n) is 4.14. The van der Waals surface area contributed by atoms with Crippen LogP contribution in [0.2, 0.25) is 0 Å². The molecule has 1 N–H and O–H groups in total. The molecule has 0 radical (unpaired) electrons. The molecule has 3 rings (SSSR count). The number of nitrogens with one attached hydrogen (secondary N) is 1. The Morgan fingerprint density at radius 1 is 1.04 bits per heavy atom. The Morgan fingerprint density at radius 2 is 1.65 bits per heavy atom. The first-order valence-electron chi connectivity index (χ1n) is 8.71. The van der Waals surface area contributed by atoms with Crippen LogP contribution in [0.1, 0.15) is 24.7 Å². The van der Waals surface area contributed by atoms with Crippen LogP contribution < -0.4 is 0 Å². The third kappa shape index (κ3) is 4.14. The summed E-state index contributed by atoms with van der Waals surface area (Å²) in [5.41, 5.74) is 1.93. The van der Waals surface area contributed by atoms with Gasteiger partial charge in [0, 0.05) is 18.7 Å². The fraction of sp³-hybridized carbons (Fsp3) is 0.250. The maximum Gasteiger partial charge on any atom is 0.240 e. The number of thioether (sulfide) groups is 1. The Bertz CT molecular complexity index is 831. The maximum atomic E-state index is 13.0. The second-order valence-corrected chi connectivity index (χ2v) is 6.82. The lowest BCUT2D eigenvalue weighted by Gasteiger charge is -2.24. The first kappa shape index (κ1) is 18.2. The van der Waals surface area contributed by atoms with Crippen molar-refractivity contribution in [2.75, 3.05) is 13.1 Å². The Hall–Kier alpha value is -2.60. The lowest BCUT2D eigenvalue weighted by atomic mass is 10.1. The van der Waals surface area contributed by atoms with E-state index in [0.29, 0.717) is 24.1 Å². The minimum absolute atomic E-state index is 0.0808. The molecule has 1 amide bonds. The van der Waals surface area contributed by atoms with E-state index in [2.05, 4.69) is 15.2 Å². The largest absolute Gasteiger partial charge is 0.342 e. The molecule has 0 unspecified atom stereocenters. The van der Waals surface area contributed by atoms with Gasteiger partial charge in [0.1, 0.15) is 5.25 Å². The summed E-state index contributed by atoms with van der Waals surface area (Å²) in [6.45, 7) is 5.35. The number of hydrogen-bond donors (Lipinski definition) is 1. The smallest absolute Gasteiger partial charge is 0.240 e. The number of benzene rings is 2. The predicted octanol–water partition coefficient (Wildman–Crippen LogP) is 4.17. The van der Waals surface area contributed by atoms with E-state index < -0.39 is 0 Å². The Kier molecular flexibility index (Phi) is 6.07. The summed E-state index contributed by atoms with van der Waals surface area (Å²) in [5.74, 6) is 0.785. The average molecular weight is 366 g/mol. The Morgan fingerprint density at radius 3 is 2.27 bits per heavy atom. The van der Waals surface area contributed by atoms with Crippen molar-refractivity contribution in [1.29, 1.82) is 0 Å². The summed E-state index contributed by atoms with van der Waals surface area (Å²) in [5, 5.41) is 7.48. The highest BCUT2D eigenvalue weighted by atomic mass is 32.2. The van der Waals surface area contributed by atoms with Gasteiger partial charge in [-0.05, 0) is 19.4 Å². The fourth-order valence-electron chi connectivity index (χ4n) is 2.72. The zero-order chi connectivity index (χ0) is 18.4. The van der Waals surface area contributed by atoms with Crippen LogP contribution in [0.5, 0.6) is 0 Å².